The van der Waals surface area contributed by atoms with Gasteiger partial charge in [0.1, 0.15) is 12.4 Å². The van der Waals surface area contributed by atoms with Crippen molar-refractivity contribution in [1.82, 2.24) is 9.21 Å². The molecule has 36 heavy (non-hydrogen) atoms. The number of sulfonamides is 1. The normalized spacial score (nSPS) is 19.1. The molecule has 2 aliphatic heterocycles. The molecule has 2 saturated heterocycles. The molecular formula is C26H34ClN3O5S. The Labute approximate surface area is 218 Å². The smallest absolute Gasteiger partial charge is 0.248 e. The molecule has 2 aliphatic rings. The summed E-state index contributed by atoms with van der Waals surface area (Å²) in [4.78, 5) is 17.1. The van der Waals surface area contributed by atoms with Crippen molar-refractivity contribution in [2.75, 3.05) is 57.9 Å². The Balaban J connectivity index is 1.31. The molecule has 2 heterocycles. The fourth-order valence-corrected chi connectivity index (χ4v) is 7.38. The van der Waals surface area contributed by atoms with Crippen LogP contribution >= 0.6 is 11.6 Å². The number of rotatable bonds is 8. The Morgan fingerprint density at radius 2 is 1.75 bits per heavy atom. The molecule has 8 nitrogen and oxygen atoms in total. The number of aryl methyl sites for hydroxylation is 2. The second kappa shape index (κ2) is 11.4. The number of hydrogen-bond donors (Lipinski definition) is 0. The fourth-order valence-electron chi connectivity index (χ4n) is 5.11. The van der Waals surface area contributed by atoms with E-state index in [9.17, 15) is 13.2 Å². The maximum absolute atomic E-state index is 13.5. The van der Waals surface area contributed by atoms with E-state index in [-0.39, 0.29) is 25.2 Å². The van der Waals surface area contributed by atoms with Gasteiger partial charge in [-0.25, -0.2) is 8.42 Å². The monoisotopic (exact) mass is 535 g/mol. The van der Waals surface area contributed by atoms with E-state index in [1.54, 1.807) is 38.0 Å². The number of carbonyl (C=O) groups is 1. The van der Waals surface area contributed by atoms with E-state index in [1.165, 1.54) is 4.31 Å². The molecule has 0 N–H and O–H groups in total. The minimum atomic E-state index is -3.69. The van der Waals surface area contributed by atoms with Crippen molar-refractivity contribution >= 4 is 33.2 Å². The van der Waals surface area contributed by atoms with Crippen LogP contribution in [0.4, 0.5) is 5.69 Å². The van der Waals surface area contributed by atoms with Gasteiger partial charge in [-0.3, -0.25) is 4.79 Å². The van der Waals surface area contributed by atoms with Gasteiger partial charge in [0.2, 0.25) is 15.9 Å². The molecule has 0 aliphatic carbocycles. The van der Waals surface area contributed by atoms with Crippen LogP contribution in [-0.2, 0) is 19.6 Å². The van der Waals surface area contributed by atoms with Crippen molar-refractivity contribution in [3.05, 3.63) is 52.5 Å². The van der Waals surface area contributed by atoms with E-state index in [4.69, 9.17) is 21.1 Å². The van der Waals surface area contributed by atoms with Crippen molar-refractivity contribution in [2.24, 2.45) is 0 Å². The van der Waals surface area contributed by atoms with E-state index >= 15 is 0 Å². The second-order valence-electron chi connectivity index (χ2n) is 9.36. The molecule has 0 radical (unpaired) electrons. The Morgan fingerprint density at radius 1 is 1.06 bits per heavy atom. The molecule has 0 bridgehead atoms. The molecule has 2 aromatic rings. The third kappa shape index (κ3) is 5.80. The third-order valence-electron chi connectivity index (χ3n) is 6.90. The first-order valence-electron chi connectivity index (χ1n) is 12.2. The standard InChI is InChI=1S/C26H34ClN3O5S/c1-19-14-24(34-3)15-20(2)26(19)36(32,33)30-9-5-8-23(30)17-35-18-25(31)29-12-10-28(11-13-29)22-7-4-6-21(27)16-22/h4,6-7,14-16,23H,5,8-13,17-18H2,1-3H3. The van der Waals surface area contributed by atoms with E-state index in [1.807, 2.05) is 24.3 Å². The number of piperazine rings is 1. The topological polar surface area (TPSA) is 79.4 Å². The first-order chi connectivity index (χ1) is 17.2. The first kappa shape index (κ1) is 26.7. The van der Waals surface area contributed by atoms with Gasteiger partial charge in [-0.15, -0.1) is 0 Å². The minimum absolute atomic E-state index is 0.0534. The molecule has 0 aromatic heterocycles. The number of carbonyl (C=O) groups excluding carboxylic acids is 1. The zero-order valence-electron chi connectivity index (χ0n) is 21.1. The van der Waals surface area contributed by atoms with Crippen molar-refractivity contribution in [3.8, 4) is 5.75 Å². The van der Waals surface area contributed by atoms with Gasteiger partial charge in [-0.05, 0) is 68.1 Å². The fraction of sp³-hybridized carbons (Fsp3) is 0.500. The predicted molar refractivity (Wildman–Crippen MR) is 140 cm³/mol. The van der Waals surface area contributed by atoms with E-state index < -0.39 is 10.0 Å². The highest BCUT2D eigenvalue weighted by atomic mass is 35.5. The number of nitrogens with zero attached hydrogens (tertiary/aromatic N) is 3. The van der Waals surface area contributed by atoms with Crippen LogP contribution in [0.5, 0.6) is 5.75 Å². The Bertz CT molecular complexity index is 1170. The maximum atomic E-state index is 13.5. The molecule has 1 atom stereocenters. The van der Waals surface area contributed by atoms with E-state index in [0.29, 0.717) is 52.8 Å². The van der Waals surface area contributed by atoms with Gasteiger partial charge in [-0.1, -0.05) is 17.7 Å². The van der Waals surface area contributed by atoms with Crippen LogP contribution in [0.3, 0.4) is 0 Å². The lowest BCUT2D eigenvalue weighted by Gasteiger charge is -2.36. The van der Waals surface area contributed by atoms with E-state index in [2.05, 4.69) is 4.90 Å². The number of hydrogen-bond acceptors (Lipinski definition) is 6. The molecule has 1 amide bonds. The predicted octanol–water partition coefficient (Wildman–Crippen LogP) is 3.48. The zero-order chi connectivity index (χ0) is 25.9. The quantitative estimate of drug-likeness (QED) is 0.515. The van der Waals surface area contributed by atoms with E-state index in [0.717, 1.165) is 25.2 Å². The Kier molecular flexibility index (Phi) is 8.44. The van der Waals surface area contributed by atoms with Gasteiger partial charge in [-0.2, -0.15) is 4.31 Å². The first-order valence-corrected chi connectivity index (χ1v) is 14.1. The Hall–Kier alpha value is -2.33. The maximum Gasteiger partial charge on any atom is 0.248 e. The van der Waals surface area contributed by atoms with Crippen LogP contribution in [0.15, 0.2) is 41.3 Å². The summed E-state index contributed by atoms with van der Waals surface area (Å²) >= 11 is 6.10. The number of amides is 1. The van der Waals surface area contributed by atoms with Crippen LogP contribution in [0.1, 0.15) is 24.0 Å². The van der Waals surface area contributed by atoms with Crippen LogP contribution in [0.2, 0.25) is 5.02 Å². The average molecular weight is 536 g/mol. The molecule has 4 rings (SSSR count). The lowest BCUT2D eigenvalue weighted by molar-refractivity contribution is -0.136. The van der Waals surface area contributed by atoms with Gasteiger partial charge in [0.15, 0.2) is 0 Å². The highest BCUT2D eigenvalue weighted by molar-refractivity contribution is 7.89. The molecule has 2 fully saturated rings. The van der Waals surface area contributed by atoms with Gasteiger partial charge in [0.05, 0.1) is 18.6 Å². The van der Waals surface area contributed by atoms with Crippen molar-refractivity contribution in [1.29, 1.82) is 0 Å². The molecule has 196 valence electrons. The van der Waals surface area contributed by atoms with Crippen molar-refractivity contribution in [3.63, 3.8) is 0 Å². The molecule has 10 heteroatoms. The molecule has 1 unspecified atom stereocenters. The summed E-state index contributed by atoms with van der Waals surface area (Å²) in [7, 11) is -2.13. The summed E-state index contributed by atoms with van der Waals surface area (Å²) in [6, 6.07) is 10.9. The lowest BCUT2D eigenvalue weighted by atomic mass is 10.1. The van der Waals surface area contributed by atoms with Crippen LogP contribution < -0.4 is 9.64 Å². The minimum Gasteiger partial charge on any atom is -0.497 e. The molecule has 2 aromatic carbocycles. The zero-order valence-corrected chi connectivity index (χ0v) is 22.6. The third-order valence-corrected chi connectivity index (χ3v) is 9.39. The highest BCUT2D eigenvalue weighted by Crippen LogP contribution is 2.32. The number of methoxy groups -OCH3 is 1. The molecule has 0 saturated carbocycles. The average Bonchev–Trinajstić information content (AvgIpc) is 3.33. The number of benzene rings is 2. The van der Waals surface area contributed by atoms with Crippen molar-refractivity contribution < 1.29 is 22.7 Å². The van der Waals surface area contributed by atoms with Crippen LogP contribution in [0, 0.1) is 13.8 Å². The summed E-state index contributed by atoms with van der Waals surface area (Å²) < 4.78 is 39.7. The highest BCUT2D eigenvalue weighted by Gasteiger charge is 2.37. The van der Waals surface area contributed by atoms with Gasteiger partial charge < -0.3 is 19.3 Å². The SMILES string of the molecule is COc1cc(C)c(S(=O)(=O)N2CCCC2COCC(=O)N2CCN(c3cccc(Cl)c3)CC2)c(C)c1. The Morgan fingerprint density at radius 3 is 2.39 bits per heavy atom. The van der Waals surface area contributed by atoms with Crippen LogP contribution in [-0.4, -0.2) is 82.6 Å². The summed E-state index contributed by atoms with van der Waals surface area (Å²) in [5.74, 6) is 0.562. The number of halogens is 1. The summed E-state index contributed by atoms with van der Waals surface area (Å²) in [6.45, 7) is 6.82. The lowest BCUT2D eigenvalue weighted by Crippen LogP contribution is -2.50. The molecular weight excluding hydrogens is 502 g/mol. The molecule has 0 spiro atoms. The van der Waals surface area contributed by atoms with Gasteiger partial charge in [0, 0.05) is 49.5 Å². The number of ether oxygens (including phenoxy) is 2. The van der Waals surface area contributed by atoms with Gasteiger partial charge >= 0.3 is 0 Å². The van der Waals surface area contributed by atoms with Crippen molar-refractivity contribution in [2.45, 2.75) is 37.6 Å². The number of anilines is 1. The van der Waals surface area contributed by atoms with Gasteiger partial charge in [0.25, 0.3) is 0 Å². The summed E-state index contributed by atoms with van der Waals surface area (Å²) in [5, 5.41) is 0.694. The largest absolute Gasteiger partial charge is 0.497 e. The summed E-state index contributed by atoms with van der Waals surface area (Å²) in [6.07, 6.45) is 1.47. The second-order valence-corrected chi connectivity index (χ2v) is 11.6. The van der Waals surface area contributed by atoms with Crippen LogP contribution in [0.25, 0.3) is 0 Å². The summed E-state index contributed by atoms with van der Waals surface area (Å²) in [5.41, 5.74) is 2.37.